The van der Waals surface area contributed by atoms with Crippen molar-refractivity contribution in [3.63, 3.8) is 0 Å². The SMILES string of the molecule is CN(CCc1ccncc1)C(=O)CNc1ccc(N2CCCC2)cc1. The first kappa shape index (κ1) is 17.3. The smallest absolute Gasteiger partial charge is 0.241 e. The van der Waals surface area contributed by atoms with Gasteiger partial charge in [-0.25, -0.2) is 0 Å². The first-order valence-corrected chi connectivity index (χ1v) is 8.94. The Morgan fingerprint density at radius 3 is 2.48 bits per heavy atom. The van der Waals surface area contributed by atoms with E-state index in [1.54, 1.807) is 17.3 Å². The maximum absolute atomic E-state index is 12.3. The molecule has 0 spiro atoms. The third-order valence-corrected chi connectivity index (χ3v) is 4.69. The number of nitrogens with zero attached hydrogens (tertiary/aromatic N) is 3. The Kier molecular flexibility index (Phi) is 5.88. The molecule has 25 heavy (non-hydrogen) atoms. The Labute approximate surface area is 149 Å². The number of benzene rings is 1. The summed E-state index contributed by atoms with van der Waals surface area (Å²) < 4.78 is 0. The second kappa shape index (κ2) is 8.51. The Morgan fingerprint density at radius 1 is 1.12 bits per heavy atom. The van der Waals surface area contributed by atoms with Crippen molar-refractivity contribution in [1.29, 1.82) is 0 Å². The summed E-state index contributed by atoms with van der Waals surface area (Å²) in [5.41, 5.74) is 3.45. The normalized spacial score (nSPS) is 13.7. The minimum atomic E-state index is 0.0951. The molecule has 0 saturated carbocycles. The van der Waals surface area contributed by atoms with E-state index in [-0.39, 0.29) is 5.91 Å². The molecule has 0 aliphatic carbocycles. The average molecular weight is 338 g/mol. The number of carbonyl (C=O) groups excluding carboxylic acids is 1. The monoisotopic (exact) mass is 338 g/mol. The fraction of sp³-hybridized carbons (Fsp3) is 0.400. The highest BCUT2D eigenvalue weighted by molar-refractivity contribution is 5.80. The molecule has 2 aromatic rings. The van der Waals surface area contributed by atoms with E-state index in [1.165, 1.54) is 24.1 Å². The van der Waals surface area contributed by atoms with Gasteiger partial charge in [0.1, 0.15) is 0 Å². The van der Waals surface area contributed by atoms with Gasteiger partial charge in [-0.15, -0.1) is 0 Å². The number of carbonyl (C=O) groups is 1. The summed E-state index contributed by atoms with van der Waals surface area (Å²) in [4.78, 5) is 20.4. The van der Waals surface area contributed by atoms with Crippen molar-refractivity contribution in [2.45, 2.75) is 19.3 Å². The highest BCUT2D eigenvalue weighted by Gasteiger charge is 2.12. The maximum Gasteiger partial charge on any atom is 0.241 e. The van der Waals surface area contributed by atoms with Crippen LogP contribution in [-0.4, -0.2) is 49.0 Å². The van der Waals surface area contributed by atoms with Crippen molar-refractivity contribution < 1.29 is 4.79 Å². The maximum atomic E-state index is 12.3. The van der Waals surface area contributed by atoms with Crippen LogP contribution in [0.1, 0.15) is 18.4 Å². The second-order valence-corrected chi connectivity index (χ2v) is 6.52. The van der Waals surface area contributed by atoms with Crippen LogP contribution in [0.15, 0.2) is 48.8 Å². The fourth-order valence-electron chi connectivity index (χ4n) is 3.05. The highest BCUT2D eigenvalue weighted by atomic mass is 16.2. The zero-order chi connectivity index (χ0) is 17.5. The zero-order valence-electron chi connectivity index (χ0n) is 14.8. The summed E-state index contributed by atoms with van der Waals surface area (Å²) in [7, 11) is 1.85. The number of pyridine rings is 1. The van der Waals surface area contributed by atoms with E-state index in [9.17, 15) is 4.79 Å². The van der Waals surface area contributed by atoms with Gasteiger partial charge in [-0.05, 0) is 61.2 Å². The summed E-state index contributed by atoms with van der Waals surface area (Å²) in [6, 6.07) is 12.3. The predicted molar refractivity (Wildman–Crippen MR) is 102 cm³/mol. The molecule has 0 atom stereocenters. The molecule has 1 amide bonds. The second-order valence-electron chi connectivity index (χ2n) is 6.52. The summed E-state index contributed by atoms with van der Waals surface area (Å²) in [5.74, 6) is 0.0951. The Hall–Kier alpha value is -2.56. The third kappa shape index (κ3) is 4.95. The van der Waals surface area contributed by atoms with E-state index in [1.807, 2.05) is 19.2 Å². The van der Waals surface area contributed by atoms with Crippen molar-refractivity contribution in [2.24, 2.45) is 0 Å². The molecule has 0 radical (unpaired) electrons. The van der Waals surface area contributed by atoms with Crippen LogP contribution in [0.4, 0.5) is 11.4 Å². The molecule has 132 valence electrons. The van der Waals surface area contributed by atoms with Gasteiger partial charge >= 0.3 is 0 Å². The van der Waals surface area contributed by atoms with Crippen LogP contribution in [0.5, 0.6) is 0 Å². The van der Waals surface area contributed by atoms with Crippen molar-refractivity contribution in [1.82, 2.24) is 9.88 Å². The molecule has 5 heteroatoms. The van der Waals surface area contributed by atoms with Crippen LogP contribution in [-0.2, 0) is 11.2 Å². The number of hydrogen-bond donors (Lipinski definition) is 1. The van der Waals surface area contributed by atoms with Gasteiger partial charge in [0, 0.05) is 50.5 Å². The molecule has 1 N–H and O–H groups in total. The number of rotatable bonds is 7. The van der Waals surface area contributed by atoms with Crippen LogP contribution in [0.2, 0.25) is 0 Å². The van der Waals surface area contributed by atoms with Gasteiger partial charge in [0.05, 0.1) is 6.54 Å². The minimum absolute atomic E-state index is 0.0951. The minimum Gasteiger partial charge on any atom is -0.376 e. The number of aromatic nitrogens is 1. The van der Waals surface area contributed by atoms with E-state index < -0.39 is 0 Å². The molecule has 5 nitrogen and oxygen atoms in total. The summed E-state index contributed by atoms with van der Waals surface area (Å²) in [6.45, 7) is 3.31. The highest BCUT2D eigenvalue weighted by Crippen LogP contribution is 2.21. The molecule has 1 aromatic carbocycles. The van der Waals surface area contributed by atoms with Gasteiger partial charge < -0.3 is 15.1 Å². The summed E-state index contributed by atoms with van der Waals surface area (Å²) in [5, 5.41) is 3.22. The molecule has 1 aliphatic rings. The number of nitrogens with one attached hydrogen (secondary N) is 1. The van der Waals surface area contributed by atoms with Gasteiger partial charge in [-0.1, -0.05) is 0 Å². The molecule has 1 saturated heterocycles. The first-order valence-electron chi connectivity index (χ1n) is 8.94. The van der Waals surface area contributed by atoms with Crippen LogP contribution >= 0.6 is 0 Å². The molecular formula is C20H26N4O. The number of anilines is 2. The summed E-state index contributed by atoms with van der Waals surface area (Å²) in [6.07, 6.45) is 6.96. The van der Waals surface area contributed by atoms with Gasteiger partial charge in [-0.3, -0.25) is 9.78 Å². The largest absolute Gasteiger partial charge is 0.376 e. The standard InChI is InChI=1S/C20H26N4O/c1-23(15-10-17-8-11-21-12-9-17)20(25)16-22-18-4-6-19(7-5-18)24-13-2-3-14-24/h4-9,11-12,22H,2-3,10,13-16H2,1H3. The number of hydrogen-bond acceptors (Lipinski definition) is 4. The van der Waals surface area contributed by atoms with Crippen molar-refractivity contribution in [3.05, 3.63) is 54.4 Å². The lowest BCUT2D eigenvalue weighted by Gasteiger charge is -2.19. The molecule has 1 fully saturated rings. The molecule has 1 aromatic heterocycles. The van der Waals surface area contributed by atoms with E-state index in [4.69, 9.17) is 0 Å². The van der Waals surface area contributed by atoms with Crippen molar-refractivity contribution in [2.75, 3.05) is 43.4 Å². The van der Waals surface area contributed by atoms with Gasteiger partial charge in [0.25, 0.3) is 0 Å². The predicted octanol–water partition coefficient (Wildman–Crippen LogP) is 2.79. The van der Waals surface area contributed by atoms with E-state index in [0.29, 0.717) is 13.1 Å². The molecule has 1 aliphatic heterocycles. The van der Waals surface area contributed by atoms with Crippen LogP contribution in [0.25, 0.3) is 0 Å². The van der Waals surface area contributed by atoms with Crippen molar-refractivity contribution in [3.8, 4) is 0 Å². The van der Waals surface area contributed by atoms with Crippen LogP contribution in [0, 0.1) is 0 Å². The van der Waals surface area contributed by atoms with Crippen LogP contribution < -0.4 is 10.2 Å². The van der Waals surface area contributed by atoms with E-state index in [0.717, 1.165) is 25.2 Å². The Morgan fingerprint density at radius 2 is 1.80 bits per heavy atom. The Bertz CT molecular complexity index is 666. The average Bonchev–Trinajstić information content (AvgIpc) is 3.20. The topological polar surface area (TPSA) is 48.5 Å². The first-order chi connectivity index (χ1) is 12.2. The quantitative estimate of drug-likeness (QED) is 0.843. The molecule has 3 rings (SSSR count). The molecule has 2 heterocycles. The van der Waals surface area contributed by atoms with E-state index >= 15 is 0 Å². The molecular weight excluding hydrogens is 312 g/mol. The lowest BCUT2D eigenvalue weighted by Crippen LogP contribution is -2.33. The van der Waals surface area contributed by atoms with Gasteiger partial charge in [-0.2, -0.15) is 0 Å². The number of likely N-dealkylation sites (N-methyl/N-ethyl adjacent to an activating group) is 1. The van der Waals surface area contributed by atoms with Gasteiger partial charge in [0.2, 0.25) is 5.91 Å². The number of amides is 1. The Balaban J connectivity index is 1.43. The van der Waals surface area contributed by atoms with Crippen molar-refractivity contribution >= 4 is 17.3 Å². The third-order valence-electron chi connectivity index (χ3n) is 4.69. The molecule has 0 bridgehead atoms. The lowest BCUT2D eigenvalue weighted by molar-refractivity contribution is -0.127. The zero-order valence-corrected chi connectivity index (χ0v) is 14.8. The van der Waals surface area contributed by atoms with Gasteiger partial charge in [0.15, 0.2) is 0 Å². The van der Waals surface area contributed by atoms with Crippen LogP contribution in [0.3, 0.4) is 0 Å². The van der Waals surface area contributed by atoms with E-state index in [2.05, 4.69) is 39.5 Å². The lowest BCUT2D eigenvalue weighted by atomic mass is 10.2. The summed E-state index contributed by atoms with van der Waals surface area (Å²) >= 11 is 0. The fourth-order valence-corrected chi connectivity index (χ4v) is 3.05. The molecule has 0 unspecified atom stereocenters.